The summed E-state index contributed by atoms with van der Waals surface area (Å²) in [6, 6.07) is 1.12. The number of carbonyl (C=O) groups excluding carboxylic acids is 2. The molecule has 0 radical (unpaired) electrons. The standard InChI is InChI=1S/C37H50N8O8/c1-17-11-19-12-22-24(14-38)45-23(28(44(22)6)26(19)30(47)31(17)50-7)13-20-27(33-32(51-16-52-33)18(2)29(20)46)25(45)15-42-34(48)21(9-8-10-41-35(39)40)43-36(49)53-37(3,4)5/h11,21-25,28,46-47H,8-10,12-13,15-16H2,1-7H3,(H,42,48)(H,43,49)(H4,39,40,41)/t21-,22-,23?,24-,25-,28-/m0/s1. The third kappa shape index (κ3) is 6.79. The zero-order valence-corrected chi connectivity index (χ0v) is 31.3. The van der Waals surface area contributed by atoms with Crippen LogP contribution in [0.1, 0.15) is 79.1 Å². The van der Waals surface area contributed by atoms with Gasteiger partial charge in [-0.1, -0.05) is 6.07 Å². The van der Waals surface area contributed by atoms with Crippen molar-refractivity contribution in [2.75, 3.05) is 34.0 Å². The SMILES string of the molecule is COc1c(C)cc2c(c1O)[C@@H]1C3Cc4c(O)c(C)c5c(c4[C@H](CNC(=O)[C@H](CCCN=C(N)N)NC(=O)OC(C)(C)C)N3[C@@H](C#N)[C@H](C2)N1C)OCO5. The number of ether oxygens (including phenoxy) is 4. The van der Waals surface area contributed by atoms with E-state index in [9.17, 15) is 25.1 Å². The fourth-order valence-corrected chi connectivity index (χ4v) is 8.59. The molecule has 53 heavy (non-hydrogen) atoms. The first-order valence-corrected chi connectivity index (χ1v) is 17.8. The number of hydrogen-bond acceptors (Lipinski definition) is 12. The number of benzene rings is 2. The third-order valence-electron chi connectivity index (χ3n) is 10.7. The van der Waals surface area contributed by atoms with E-state index < -0.39 is 47.8 Å². The number of hydrogen-bond donors (Lipinski definition) is 6. The van der Waals surface area contributed by atoms with Crippen molar-refractivity contribution in [3.8, 4) is 34.8 Å². The lowest BCUT2D eigenvalue weighted by atomic mass is 9.71. The number of nitrogens with one attached hydrogen (secondary N) is 2. The molecule has 4 aliphatic rings. The second-order valence-electron chi connectivity index (χ2n) is 15.2. The summed E-state index contributed by atoms with van der Waals surface area (Å²) in [6.45, 7) is 9.00. The van der Waals surface area contributed by atoms with Crippen molar-refractivity contribution in [3.63, 3.8) is 0 Å². The van der Waals surface area contributed by atoms with E-state index >= 15 is 0 Å². The molecule has 0 saturated carbocycles. The molecule has 6 rings (SSSR count). The van der Waals surface area contributed by atoms with Crippen molar-refractivity contribution < 1.29 is 38.7 Å². The molecule has 4 heterocycles. The molecular weight excluding hydrogens is 684 g/mol. The number of alkyl carbamates (subject to hydrolysis) is 1. The first-order chi connectivity index (χ1) is 25.1. The van der Waals surface area contributed by atoms with Crippen LogP contribution < -0.4 is 36.3 Å². The minimum absolute atomic E-state index is 0.0155. The molecule has 1 unspecified atom stereocenters. The Morgan fingerprint density at radius 1 is 1.13 bits per heavy atom. The number of aliphatic imine (C=N–C) groups is 1. The molecule has 8 N–H and O–H groups in total. The summed E-state index contributed by atoms with van der Waals surface area (Å²) >= 11 is 0. The van der Waals surface area contributed by atoms with Gasteiger partial charge in [-0.15, -0.1) is 0 Å². The van der Waals surface area contributed by atoms with Crippen molar-refractivity contribution in [2.24, 2.45) is 16.5 Å². The summed E-state index contributed by atoms with van der Waals surface area (Å²) in [7, 11) is 3.48. The molecule has 16 nitrogen and oxygen atoms in total. The Hall–Kier alpha value is -5.14. The quantitative estimate of drug-likeness (QED) is 0.124. The van der Waals surface area contributed by atoms with E-state index in [-0.39, 0.29) is 49.8 Å². The van der Waals surface area contributed by atoms with Crippen LogP contribution in [0.2, 0.25) is 0 Å². The van der Waals surface area contributed by atoms with Crippen LogP contribution >= 0.6 is 0 Å². The maximum Gasteiger partial charge on any atom is 0.408 e. The molecule has 2 amide bonds. The molecule has 6 atom stereocenters. The van der Waals surface area contributed by atoms with Crippen molar-refractivity contribution in [1.82, 2.24) is 20.4 Å². The maximum atomic E-state index is 14.0. The Labute approximate surface area is 309 Å². The molecule has 0 aliphatic carbocycles. The van der Waals surface area contributed by atoms with Gasteiger partial charge in [-0.05, 0) is 78.5 Å². The predicted molar refractivity (Wildman–Crippen MR) is 194 cm³/mol. The number of piperazine rings is 1. The largest absolute Gasteiger partial charge is 0.507 e. The molecule has 2 bridgehead atoms. The number of amides is 2. The lowest BCUT2D eigenvalue weighted by Crippen LogP contribution is -2.69. The highest BCUT2D eigenvalue weighted by molar-refractivity contribution is 5.85. The van der Waals surface area contributed by atoms with E-state index in [1.165, 1.54) is 7.11 Å². The first-order valence-electron chi connectivity index (χ1n) is 17.8. The van der Waals surface area contributed by atoms with E-state index in [1.807, 2.05) is 20.0 Å². The van der Waals surface area contributed by atoms with Gasteiger partial charge in [0.2, 0.25) is 12.7 Å². The highest BCUT2D eigenvalue weighted by atomic mass is 16.7. The van der Waals surface area contributed by atoms with Gasteiger partial charge in [-0.2, -0.15) is 5.26 Å². The Morgan fingerprint density at radius 3 is 2.51 bits per heavy atom. The second-order valence-corrected chi connectivity index (χ2v) is 15.2. The van der Waals surface area contributed by atoms with Gasteiger partial charge in [0, 0.05) is 47.4 Å². The van der Waals surface area contributed by atoms with Gasteiger partial charge in [0.1, 0.15) is 23.4 Å². The van der Waals surface area contributed by atoms with Gasteiger partial charge < -0.3 is 51.3 Å². The fourth-order valence-electron chi connectivity index (χ4n) is 8.59. The number of nitrogens with zero attached hydrogens (tertiary/aromatic N) is 4. The number of likely N-dealkylation sites (N-methyl/N-ethyl adjacent to an activating group) is 1. The topological polar surface area (TPSA) is 230 Å². The van der Waals surface area contributed by atoms with Gasteiger partial charge in [0.15, 0.2) is 29.0 Å². The zero-order chi connectivity index (χ0) is 38.5. The Morgan fingerprint density at radius 2 is 1.85 bits per heavy atom. The number of methoxy groups -OCH3 is 1. The molecule has 1 saturated heterocycles. The molecule has 0 spiro atoms. The average Bonchev–Trinajstić information content (AvgIpc) is 3.57. The van der Waals surface area contributed by atoms with Crippen molar-refractivity contribution in [2.45, 2.75) is 102 Å². The number of nitriles is 1. The first kappa shape index (κ1) is 37.6. The Balaban J connectivity index is 1.42. The number of guanidine groups is 1. The molecule has 1 fully saturated rings. The van der Waals surface area contributed by atoms with Gasteiger partial charge in [0.05, 0.1) is 25.3 Å². The third-order valence-corrected chi connectivity index (χ3v) is 10.7. The van der Waals surface area contributed by atoms with Gasteiger partial charge in [0.25, 0.3) is 0 Å². The van der Waals surface area contributed by atoms with E-state index in [0.717, 1.165) is 11.1 Å². The van der Waals surface area contributed by atoms with Crippen LogP contribution in [0.4, 0.5) is 4.79 Å². The lowest BCUT2D eigenvalue weighted by molar-refractivity contribution is -0.124. The Bertz CT molecular complexity index is 1870. The highest BCUT2D eigenvalue weighted by Crippen LogP contribution is 2.58. The molecule has 286 valence electrons. The average molecular weight is 735 g/mol. The van der Waals surface area contributed by atoms with Crippen molar-refractivity contribution in [1.29, 1.82) is 5.26 Å². The van der Waals surface area contributed by atoms with Gasteiger partial charge >= 0.3 is 6.09 Å². The summed E-state index contributed by atoms with van der Waals surface area (Å²) in [4.78, 5) is 35.1. The number of phenols is 2. The summed E-state index contributed by atoms with van der Waals surface area (Å²) in [5.41, 5.74) is 14.4. The van der Waals surface area contributed by atoms with Crippen LogP contribution in [0, 0.1) is 25.2 Å². The monoisotopic (exact) mass is 734 g/mol. The van der Waals surface area contributed by atoms with Crippen LogP contribution in [0.25, 0.3) is 0 Å². The van der Waals surface area contributed by atoms with Crippen LogP contribution in [0.3, 0.4) is 0 Å². The molecule has 16 heteroatoms. The maximum absolute atomic E-state index is 14.0. The second kappa shape index (κ2) is 14.4. The molecule has 2 aromatic rings. The molecule has 2 aromatic carbocycles. The minimum Gasteiger partial charge on any atom is -0.507 e. The molecule has 0 aromatic heterocycles. The number of aryl methyl sites for hydroxylation is 1. The number of phenolic OH excluding ortho intramolecular Hbond substituents is 2. The smallest absolute Gasteiger partial charge is 0.408 e. The summed E-state index contributed by atoms with van der Waals surface area (Å²) in [6.07, 6.45) is 0.631. The lowest BCUT2D eigenvalue weighted by Gasteiger charge is -2.60. The summed E-state index contributed by atoms with van der Waals surface area (Å²) in [5.74, 6) is 0.773. The van der Waals surface area contributed by atoms with Crippen LogP contribution in [0.5, 0.6) is 28.7 Å². The predicted octanol–water partition coefficient (Wildman–Crippen LogP) is 2.29. The Kier molecular flexibility index (Phi) is 10.2. The van der Waals surface area contributed by atoms with Gasteiger partial charge in [-0.3, -0.25) is 19.6 Å². The van der Waals surface area contributed by atoms with E-state index in [4.69, 9.17) is 30.4 Å². The fraction of sp³-hybridized carbons (Fsp3) is 0.568. The number of aromatic hydroxyl groups is 2. The zero-order valence-electron chi connectivity index (χ0n) is 31.3. The number of rotatable bonds is 9. The van der Waals surface area contributed by atoms with Crippen LogP contribution in [-0.4, -0.2) is 102 Å². The highest BCUT2D eigenvalue weighted by Gasteiger charge is 2.56. The van der Waals surface area contributed by atoms with E-state index in [0.29, 0.717) is 58.8 Å². The number of fused-ring (bicyclic) bond motifs is 9. The van der Waals surface area contributed by atoms with Crippen LogP contribution in [-0.2, 0) is 22.4 Å². The van der Waals surface area contributed by atoms with E-state index in [1.54, 1.807) is 27.7 Å². The van der Waals surface area contributed by atoms with Crippen molar-refractivity contribution in [3.05, 3.63) is 39.4 Å². The van der Waals surface area contributed by atoms with Gasteiger partial charge in [-0.25, -0.2) is 4.79 Å². The molecule has 4 aliphatic heterocycles. The summed E-state index contributed by atoms with van der Waals surface area (Å²) in [5, 5.41) is 40.1. The minimum atomic E-state index is -1.01. The van der Waals surface area contributed by atoms with E-state index in [2.05, 4.69) is 31.5 Å². The van der Waals surface area contributed by atoms with Crippen LogP contribution in [0.15, 0.2) is 11.1 Å². The summed E-state index contributed by atoms with van der Waals surface area (Å²) < 4.78 is 23.0. The number of nitrogens with two attached hydrogens (primary N) is 2. The van der Waals surface area contributed by atoms with Crippen molar-refractivity contribution >= 4 is 18.0 Å². The number of carbonyl (C=O) groups is 2. The molecular formula is C37H50N8O8. The normalized spacial score (nSPS) is 23.4.